The van der Waals surface area contributed by atoms with Crippen LogP contribution in [-0.4, -0.2) is 69.5 Å². The molecule has 3 aromatic carbocycles. The highest BCUT2D eigenvalue weighted by atomic mass is 35.5. The molecular formula is C33H37ClN2O8. The van der Waals surface area contributed by atoms with Crippen LogP contribution < -0.4 is 19.7 Å². The molecule has 234 valence electrons. The van der Waals surface area contributed by atoms with Gasteiger partial charge in [-0.15, -0.1) is 0 Å². The SMILES string of the molecule is COC(=O)C[C@@H]1O[C@@H](c2cccc(OCCCNCCCc3ccccc3)c2OC)c2cc(Cl)ccc2N(CC(=O)O)C1=O. The van der Waals surface area contributed by atoms with Crippen LogP contribution in [-0.2, 0) is 30.3 Å². The molecule has 2 atom stereocenters. The van der Waals surface area contributed by atoms with E-state index in [0.29, 0.717) is 39.9 Å². The van der Waals surface area contributed by atoms with Crippen molar-refractivity contribution >= 4 is 35.1 Å². The standard InChI is InChI=1S/C33H37ClN2O8/c1-41-30(39)20-28-33(40)36(21-29(37)38)26-15-14-23(34)19-25(26)31(44-28)24-12-6-13-27(32(24)42-2)43-18-8-17-35-16-7-11-22-9-4-3-5-10-22/h3-6,9-10,12-15,19,28,31,35H,7-8,11,16-18,20-21H2,1-2H3,(H,37,38)/t28-,31-/m0/s1. The molecule has 44 heavy (non-hydrogen) atoms. The van der Waals surface area contributed by atoms with Crippen molar-refractivity contribution < 1.29 is 38.4 Å². The second kappa shape index (κ2) is 16.1. The van der Waals surface area contributed by atoms with Crippen molar-refractivity contribution in [3.63, 3.8) is 0 Å². The summed E-state index contributed by atoms with van der Waals surface area (Å²) < 4.78 is 23.0. The predicted octanol–water partition coefficient (Wildman–Crippen LogP) is 4.81. The third-order valence-corrected chi connectivity index (χ3v) is 7.43. The van der Waals surface area contributed by atoms with Crippen molar-refractivity contribution in [2.24, 2.45) is 0 Å². The van der Waals surface area contributed by atoms with Gasteiger partial charge in [-0.25, -0.2) is 0 Å². The van der Waals surface area contributed by atoms with E-state index in [4.69, 9.17) is 30.5 Å². The van der Waals surface area contributed by atoms with Crippen LogP contribution in [0.1, 0.15) is 42.1 Å². The number of rotatable bonds is 15. The highest BCUT2D eigenvalue weighted by molar-refractivity contribution is 6.30. The molecule has 0 fully saturated rings. The molecule has 2 N–H and O–H groups in total. The van der Waals surface area contributed by atoms with Crippen molar-refractivity contribution in [3.8, 4) is 11.5 Å². The van der Waals surface area contributed by atoms with Crippen LogP contribution in [0.15, 0.2) is 66.7 Å². The zero-order chi connectivity index (χ0) is 31.5. The molecule has 0 bridgehead atoms. The van der Waals surface area contributed by atoms with Crippen LogP contribution in [0.2, 0.25) is 5.02 Å². The molecular weight excluding hydrogens is 588 g/mol. The number of anilines is 1. The zero-order valence-electron chi connectivity index (χ0n) is 24.8. The van der Waals surface area contributed by atoms with Gasteiger partial charge >= 0.3 is 11.9 Å². The first-order valence-corrected chi connectivity index (χ1v) is 14.8. The van der Waals surface area contributed by atoms with Crippen molar-refractivity contribution in [2.75, 3.05) is 45.4 Å². The van der Waals surface area contributed by atoms with Crippen LogP contribution in [0.4, 0.5) is 5.69 Å². The van der Waals surface area contributed by atoms with Gasteiger partial charge in [-0.2, -0.15) is 0 Å². The third-order valence-electron chi connectivity index (χ3n) is 7.19. The fourth-order valence-corrected chi connectivity index (χ4v) is 5.30. The van der Waals surface area contributed by atoms with E-state index in [1.165, 1.54) is 19.8 Å². The minimum Gasteiger partial charge on any atom is -0.492 e. The number of esters is 1. The first kappa shape index (κ1) is 32.8. The number of para-hydroxylation sites is 1. The maximum Gasteiger partial charge on any atom is 0.323 e. The van der Waals surface area contributed by atoms with Gasteiger partial charge < -0.3 is 29.4 Å². The smallest absolute Gasteiger partial charge is 0.323 e. The fourth-order valence-electron chi connectivity index (χ4n) is 5.12. The van der Waals surface area contributed by atoms with Gasteiger partial charge in [-0.3, -0.25) is 19.3 Å². The van der Waals surface area contributed by atoms with Crippen LogP contribution in [0.25, 0.3) is 0 Å². The molecule has 0 saturated carbocycles. The number of nitrogens with one attached hydrogen (secondary N) is 1. The average Bonchev–Trinajstić information content (AvgIpc) is 3.12. The Hall–Kier alpha value is -4.12. The topological polar surface area (TPSA) is 124 Å². The summed E-state index contributed by atoms with van der Waals surface area (Å²) in [6, 6.07) is 20.4. The van der Waals surface area contributed by atoms with Gasteiger partial charge in [0, 0.05) is 16.1 Å². The number of amides is 1. The van der Waals surface area contributed by atoms with Gasteiger partial charge in [0.05, 0.1) is 32.9 Å². The van der Waals surface area contributed by atoms with Gasteiger partial charge in [0.15, 0.2) is 11.5 Å². The number of aliphatic carboxylic acids is 1. The maximum absolute atomic E-state index is 13.6. The molecule has 0 unspecified atom stereocenters. The third kappa shape index (κ3) is 8.49. The summed E-state index contributed by atoms with van der Waals surface area (Å²) in [6.07, 6.45) is 0.117. The predicted molar refractivity (Wildman–Crippen MR) is 166 cm³/mol. The molecule has 1 aliphatic heterocycles. The number of carbonyl (C=O) groups excluding carboxylic acids is 2. The molecule has 0 spiro atoms. The summed E-state index contributed by atoms with van der Waals surface area (Å²) >= 11 is 6.37. The summed E-state index contributed by atoms with van der Waals surface area (Å²) in [5.41, 5.74) is 2.58. The summed E-state index contributed by atoms with van der Waals surface area (Å²) in [6.45, 7) is 1.47. The normalized spacial score (nSPS) is 16.2. The number of carboxylic acids is 1. The molecule has 0 saturated heterocycles. The zero-order valence-corrected chi connectivity index (χ0v) is 25.5. The van der Waals surface area contributed by atoms with E-state index in [2.05, 4.69) is 17.4 Å². The molecule has 1 heterocycles. The second-order valence-electron chi connectivity index (χ2n) is 10.2. The minimum atomic E-state index is -1.33. The van der Waals surface area contributed by atoms with E-state index in [-0.39, 0.29) is 0 Å². The molecule has 4 rings (SSSR count). The second-order valence-corrected chi connectivity index (χ2v) is 10.7. The van der Waals surface area contributed by atoms with Crippen molar-refractivity contribution in [2.45, 2.75) is 37.9 Å². The number of methoxy groups -OCH3 is 2. The van der Waals surface area contributed by atoms with E-state index in [1.807, 2.05) is 18.2 Å². The molecule has 0 radical (unpaired) electrons. The van der Waals surface area contributed by atoms with Crippen molar-refractivity contribution in [3.05, 3.63) is 88.4 Å². The molecule has 11 heteroatoms. The number of nitrogens with zero attached hydrogens (tertiary/aromatic N) is 1. The van der Waals surface area contributed by atoms with E-state index in [0.717, 1.165) is 37.3 Å². The first-order valence-electron chi connectivity index (χ1n) is 14.4. The van der Waals surface area contributed by atoms with Gasteiger partial charge in [-0.1, -0.05) is 54.1 Å². The summed E-state index contributed by atoms with van der Waals surface area (Å²) in [7, 11) is 2.71. The number of fused-ring (bicyclic) bond motifs is 1. The Balaban J connectivity index is 1.52. The minimum absolute atomic E-state index is 0.297. The Morgan fingerprint density at radius 3 is 2.50 bits per heavy atom. The van der Waals surface area contributed by atoms with E-state index in [1.54, 1.807) is 36.4 Å². The number of halogens is 1. The lowest BCUT2D eigenvalue weighted by atomic mass is 9.98. The number of carboxylic acid groups (broad SMARTS) is 1. The first-order chi connectivity index (χ1) is 21.3. The Morgan fingerprint density at radius 1 is 1.00 bits per heavy atom. The lowest BCUT2D eigenvalue weighted by Gasteiger charge is -2.24. The number of aryl methyl sites for hydroxylation is 1. The van der Waals surface area contributed by atoms with Crippen LogP contribution in [0.3, 0.4) is 0 Å². The molecule has 1 amide bonds. The van der Waals surface area contributed by atoms with Crippen LogP contribution >= 0.6 is 11.6 Å². The Morgan fingerprint density at radius 2 is 1.77 bits per heavy atom. The summed E-state index contributed by atoms with van der Waals surface area (Å²) in [4.78, 5) is 38.6. The highest BCUT2D eigenvalue weighted by Gasteiger charge is 2.40. The number of carbonyl (C=O) groups is 3. The van der Waals surface area contributed by atoms with Crippen LogP contribution in [0, 0.1) is 0 Å². The summed E-state index contributed by atoms with van der Waals surface area (Å²) in [5.74, 6) is -1.74. The van der Waals surface area contributed by atoms with Gasteiger partial charge in [0.2, 0.25) is 0 Å². The summed E-state index contributed by atoms with van der Waals surface area (Å²) in [5, 5.41) is 13.4. The monoisotopic (exact) mass is 624 g/mol. The van der Waals surface area contributed by atoms with Crippen molar-refractivity contribution in [1.29, 1.82) is 0 Å². The van der Waals surface area contributed by atoms with E-state index in [9.17, 15) is 19.5 Å². The Bertz CT molecular complexity index is 1430. The fraction of sp³-hybridized carbons (Fsp3) is 0.364. The van der Waals surface area contributed by atoms with Gasteiger partial charge in [0.1, 0.15) is 18.8 Å². The average molecular weight is 625 g/mol. The molecule has 3 aromatic rings. The molecule has 1 aliphatic rings. The number of hydrogen-bond acceptors (Lipinski definition) is 8. The van der Waals surface area contributed by atoms with Crippen molar-refractivity contribution in [1.82, 2.24) is 5.32 Å². The van der Waals surface area contributed by atoms with E-state index < -0.39 is 43.0 Å². The van der Waals surface area contributed by atoms with Gasteiger partial charge in [-0.05, 0) is 62.2 Å². The van der Waals surface area contributed by atoms with Gasteiger partial charge in [0.25, 0.3) is 5.91 Å². The Kier molecular flexibility index (Phi) is 12.0. The largest absolute Gasteiger partial charge is 0.492 e. The lowest BCUT2D eigenvalue weighted by Crippen LogP contribution is -2.43. The van der Waals surface area contributed by atoms with Crippen LogP contribution in [0.5, 0.6) is 11.5 Å². The Labute approximate surface area is 261 Å². The number of benzene rings is 3. The molecule has 0 aromatic heterocycles. The highest BCUT2D eigenvalue weighted by Crippen LogP contribution is 2.45. The lowest BCUT2D eigenvalue weighted by molar-refractivity contribution is -0.149. The quantitative estimate of drug-likeness (QED) is 0.181. The maximum atomic E-state index is 13.6. The molecule has 10 nitrogen and oxygen atoms in total. The number of hydrogen-bond donors (Lipinski definition) is 2. The number of ether oxygens (including phenoxy) is 4. The molecule has 0 aliphatic carbocycles. The van der Waals surface area contributed by atoms with E-state index >= 15 is 0 Å².